The van der Waals surface area contributed by atoms with Crippen LogP contribution in [-0.4, -0.2) is 31.7 Å². The summed E-state index contributed by atoms with van der Waals surface area (Å²) in [6.07, 6.45) is 0.943. The Balaban J connectivity index is 1.28. The number of carbonyl (C=O) groups excluding carboxylic acids is 1. The molecule has 0 unspecified atom stereocenters. The van der Waals surface area contributed by atoms with Gasteiger partial charge in [0.2, 0.25) is 15.9 Å². The quantitative estimate of drug-likeness (QED) is 0.399. The van der Waals surface area contributed by atoms with E-state index in [1.165, 1.54) is 39.0 Å². The van der Waals surface area contributed by atoms with Gasteiger partial charge in [-0.1, -0.05) is 42.5 Å². The summed E-state index contributed by atoms with van der Waals surface area (Å²) < 4.78 is 40.0. The fourth-order valence-electron chi connectivity index (χ4n) is 4.15. The first kappa shape index (κ1) is 25.4. The Morgan fingerprint density at radius 3 is 2.31 bits per heavy atom. The molecule has 1 amide bonds. The number of thioether (sulfide) groups is 1. The maximum Gasteiger partial charge on any atom is 0.227 e. The van der Waals surface area contributed by atoms with E-state index in [-0.39, 0.29) is 17.6 Å². The van der Waals surface area contributed by atoms with E-state index in [2.05, 4.69) is 23.5 Å². The number of anilines is 1. The molecule has 1 heterocycles. The molecule has 1 N–H and O–H groups in total. The zero-order valence-corrected chi connectivity index (χ0v) is 21.2. The van der Waals surface area contributed by atoms with Gasteiger partial charge in [-0.05, 0) is 66.8 Å². The van der Waals surface area contributed by atoms with Crippen LogP contribution in [-0.2, 0) is 26.3 Å². The van der Waals surface area contributed by atoms with E-state index >= 15 is 0 Å². The van der Waals surface area contributed by atoms with Crippen molar-refractivity contribution < 1.29 is 17.6 Å². The monoisotopic (exact) mass is 512 g/mol. The molecular weight excluding hydrogens is 483 g/mol. The summed E-state index contributed by atoms with van der Waals surface area (Å²) in [5, 5.41) is 3.03. The minimum absolute atomic E-state index is 0.0740. The Labute approximate surface area is 210 Å². The third-order valence-corrected chi connectivity index (χ3v) is 9.11. The van der Waals surface area contributed by atoms with Crippen LogP contribution < -0.4 is 5.32 Å². The van der Waals surface area contributed by atoms with Gasteiger partial charge in [-0.15, -0.1) is 11.8 Å². The Bertz CT molecular complexity index is 1260. The van der Waals surface area contributed by atoms with Gasteiger partial charge in [0, 0.05) is 35.3 Å². The largest absolute Gasteiger partial charge is 0.326 e. The molecule has 1 saturated heterocycles. The molecule has 0 saturated carbocycles. The molecule has 0 atom stereocenters. The summed E-state index contributed by atoms with van der Waals surface area (Å²) in [5.41, 5.74) is 3.53. The first-order chi connectivity index (χ1) is 16.8. The van der Waals surface area contributed by atoms with Gasteiger partial charge in [0.1, 0.15) is 5.82 Å². The maximum absolute atomic E-state index is 13.1. The van der Waals surface area contributed by atoms with E-state index in [9.17, 15) is 17.6 Å². The molecule has 184 valence electrons. The van der Waals surface area contributed by atoms with E-state index < -0.39 is 15.8 Å². The summed E-state index contributed by atoms with van der Waals surface area (Å²) >= 11 is 1.77. The average molecular weight is 513 g/mol. The summed E-state index contributed by atoms with van der Waals surface area (Å²) in [6, 6.07) is 21.8. The Morgan fingerprint density at radius 2 is 1.66 bits per heavy atom. The van der Waals surface area contributed by atoms with Crippen LogP contribution in [0, 0.1) is 18.7 Å². The highest BCUT2D eigenvalue weighted by molar-refractivity contribution is 7.98. The molecule has 0 bridgehead atoms. The number of aryl methyl sites for hydroxylation is 1. The number of nitrogens with one attached hydrogen (secondary N) is 1. The van der Waals surface area contributed by atoms with Gasteiger partial charge in [0.05, 0.1) is 5.75 Å². The van der Waals surface area contributed by atoms with Crippen molar-refractivity contribution in [3.8, 4) is 0 Å². The number of piperidine rings is 1. The molecular formula is C27H29FN2O3S2. The van der Waals surface area contributed by atoms with E-state index in [1.54, 1.807) is 11.8 Å². The van der Waals surface area contributed by atoms with Gasteiger partial charge >= 0.3 is 0 Å². The third-order valence-electron chi connectivity index (χ3n) is 6.18. The first-order valence-electron chi connectivity index (χ1n) is 11.6. The fourth-order valence-corrected chi connectivity index (χ4v) is 6.58. The molecule has 3 aromatic rings. The van der Waals surface area contributed by atoms with Crippen molar-refractivity contribution in [3.05, 3.63) is 95.3 Å². The third kappa shape index (κ3) is 6.93. The summed E-state index contributed by atoms with van der Waals surface area (Å²) in [4.78, 5) is 14.1. The number of hydrogen-bond acceptors (Lipinski definition) is 4. The number of hydrogen-bond donors (Lipinski definition) is 1. The van der Waals surface area contributed by atoms with Crippen LogP contribution in [0.15, 0.2) is 77.7 Å². The first-order valence-corrected chi connectivity index (χ1v) is 14.2. The highest BCUT2D eigenvalue weighted by atomic mass is 32.2. The molecule has 4 rings (SSSR count). The van der Waals surface area contributed by atoms with Gasteiger partial charge in [-0.2, -0.15) is 0 Å². The molecule has 0 spiro atoms. The van der Waals surface area contributed by atoms with Crippen molar-refractivity contribution in [2.75, 3.05) is 18.4 Å². The van der Waals surface area contributed by atoms with Crippen molar-refractivity contribution in [1.29, 1.82) is 0 Å². The summed E-state index contributed by atoms with van der Waals surface area (Å²) in [5.74, 6) is -0.0219. The summed E-state index contributed by atoms with van der Waals surface area (Å²) in [6.45, 7) is 2.59. The number of sulfonamides is 1. The Kier molecular flexibility index (Phi) is 8.26. The number of rotatable bonds is 8. The van der Waals surface area contributed by atoms with E-state index in [4.69, 9.17) is 0 Å². The van der Waals surface area contributed by atoms with Crippen molar-refractivity contribution in [2.24, 2.45) is 5.92 Å². The van der Waals surface area contributed by atoms with Crippen LogP contribution >= 0.6 is 11.8 Å². The van der Waals surface area contributed by atoms with Gasteiger partial charge in [-0.25, -0.2) is 17.1 Å². The zero-order chi connectivity index (χ0) is 24.8. The number of carbonyl (C=O) groups is 1. The molecule has 1 aliphatic heterocycles. The molecule has 0 aliphatic carbocycles. The van der Waals surface area contributed by atoms with Crippen molar-refractivity contribution in [2.45, 2.75) is 36.2 Å². The van der Waals surface area contributed by atoms with Crippen LogP contribution in [0.25, 0.3) is 0 Å². The molecule has 1 aliphatic rings. The molecule has 0 aromatic heterocycles. The molecule has 0 radical (unpaired) electrons. The molecule has 1 fully saturated rings. The number of halogens is 1. The molecule has 5 nitrogen and oxygen atoms in total. The van der Waals surface area contributed by atoms with Gasteiger partial charge in [0.25, 0.3) is 0 Å². The topological polar surface area (TPSA) is 66.5 Å². The highest BCUT2D eigenvalue weighted by Gasteiger charge is 2.31. The standard InChI is InChI=1S/C27H29FN2O3S2/c1-20-17-22(18-34-25-5-3-2-4-6-25)9-12-26(20)29-27(31)23-13-15-30(16-14-23)35(32,33)19-21-7-10-24(28)11-8-21/h2-12,17,23H,13-16,18-19H2,1H3,(H,29,31). The molecule has 35 heavy (non-hydrogen) atoms. The van der Waals surface area contributed by atoms with Crippen LogP contribution in [0.4, 0.5) is 10.1 Å². The Morgan fingerprint density at radius 1 is 1.00 bits per heavy atom. The predicted octanol–water partition coefficient (Wildman–Crippen LogP) is 5.61. The average Bonchev–Trinajstić information content (AvgIpc) is 2.86. The Hall–Kier alpha value is -2.68. The maximum atomic E-state index is 13.1. The molecule has 3 aromatic carbocycles. The molecule has 8 heteroatoms. The van der Waals surface area contributed by atoms with E-state index in [0.29, 0.717) is 31.5 Å². The second-order valence-electron chi connectivity index (χ2n) is 8.80. The minimum atomic E-state index is -3.52. The van der Waals surface area contributed by atoms with Crippen LogP contribution in [0.5, 0.6) is 0 Å². The van der Waals surface area contributed by atoms with Crippen LogP contribution in [0.3, 0.4) is 0 Å². The SMILES string of the molecule is Cc1cc(CSc2ccccc2)ccc1NC(=O)C1CCN(S(=O)(=O)Cc2ccc(F)cc2)CC1. The smallest absolute Gasteiger partial charge is 0.227 e. The van der Waals surface area contributed by atoms with Gasteiger partial charge < -0.3 is 5.32 Å². The van der Waals surface area contributed by atoms with Gasteiger partial charge in [-0.3, -0.25) is 4.79 Å². The number of amides is 1. The summed E-state index contributed by atoms with van der Waals surface area (Å²) in [7, 11) is -3.52. The van der Waals surface area contributed by atoms with Crippen molar-refractivity contribution in [3.63, 3.8) is 0 Å². The fraction of sp³-hybridized carbons (Fsp3) is 0.296. The van der Waals surface area contributed by atoms with Gasteiger partial charge in [0.15, 0.2) is 0 Å². The highest BCUT2D eigenvalue weighted by Crippen LogP contribution is 2.27. The lowest BCUT2D eigenvalue weighted by Gasteiger charge is -2.30. The number of benzene rings is 3. The van der Waals surface area contributed by atoms with E-state index in [1.807, 2.05) is 37.3 Å². The lowest BCUT2D eigenvalue weighted by Crippen LogP contribution is -2.41. The number of nitrogens with zero attached hydrogens (tertiary/aromatic N) is 1. The van der Waals surface area contributed by atoms with Crippen molar-refractivity contribution >= 4 is 33.4 Å². The normalized spacial score (nSPS) is 15.1. The lowest BCUT2D eigenvalue weighted by molar-refractivity contribution is -0.120. The second-order valence-corrected chi connectivity index (χ2v) is 11.8. The lowest BCUT2D eigenvalue weighted by atomic mass is 9.97. The predicted molar refractivity (Wildman–Crippen MR) is 139 cm³/mol. The van der Waals surface area contributed by atoms with Crippen LogP contribution in [0.2, 0.25) is 0 Å². The minimum Gasteiger partial charge on any atom is -0.326 e. The van der Waals surface area contributed by atoms with E-state index in [0.717, 1.165) is 17.0 Å². The second kappa shape index (κ2) is 11.4. The van der Waals surface area contributed by atoms with Crippen LogP contribution in [0.1, 0.15) is 29.5 Å². The van der Waals surface area contributed by atoms with Crippen molar-refractivity contribution in [1.82, 2.24) is 4.31 Å². The zero-order valence-electron chi connectivity index (χ0n) is 19.6.